The molecule has 0 aromatic heterocycles. The molecule has 2 radical (unpaired) electrons. The Bertz CT molecular complexity index is 9.61. The summed E-state index contributed by atoms with van der Waals surface area (Å²) in [5.41, 5.74) is 0. The summed E-state index contributed by atoms with van der Waals surface area (Å²) in [4.78, 5) is 0. The minimum atomic E-state index is 0. The van der Waals surface area contributed by atoms with Crippen molar-refractivity contribution >= 4 is 43.4 Å². The summed E-state index contributed by atoms with van der Waals surface area (Å²) in [6.45, 7) is 0. The standard InChI is InChI=1S/CH4BrN.H3N.Pb.2H/c1-3-2;;;;/h3H,1H3;1H3;;;. The Morgan fingerprint density at radius 1 is 1.60 bits per heavy atom. The fraction of sp³-hybridized carbons (Fsp3) is 1.00. The molecule has 0 aliphatic heterocycles. The van der Waals surface area contributed by atoms with Crippen molar-refractivity contribution in [2.75, 3.05) is 7.05 Å². The number of hydrogen-bond acceptors (Lipinski definition) is 2. The van der Waals surface area contributed by atoms with E-state index in [1.165, 1.54) is 0 Å². The zero-order chi connectivity index (χ0) is 2.71. The normalized spacial score (nSPS) is 3.60. The first kappa shape index (κ1) is 16.2. The van der Waals surface area contributed by atoms with E-state index in [2.05, 4.69) is 20.5 Å². The van der Waals surface area contributed by atoms with Gasteiger partial charge in [0.2, 0.25) is 0 Å². The Hall–Kier alpha value is 1.32. The maximum absolute atomic E-state index is 2.90. The first-order valence-corrected chi connectivity index (χ1v) is 1.48. The fourth-order valence-electron chi connectivity index (χ4n) is 0. The van der Waals surface area contributed by atoms with E-state index in [9.17, 15) is 0 Å². The second-order valence-electron chi connectivity index (χ2n) is 0.189. The van der Waals surface area contributed by atoms with Gasteiger partial charge in [-0.05, 0) is 7.05 Å². The number of nitrogens with one attached hydrogen (secondary N) is 1. The third-order valence-corrected chi connectivity index (χ3v) is 0. The third-order valence-electron chi connectivity index (χ3n) is 0. The molecule has 0 aromatic rings. The van der Waals surface area contributed by atoms with Crippen LogP contribution in [0, 0.1) is 0 Å². The quantitative estimate of drug-likeness (QED) is 0.474. The van der Waals surface area contributed by atoms with Gasteiger partial charge in [0.15, 0.2) is 0 Å². The van der Waals surface area contributed by atoms with Gasteiger partial charge in [0.1, 0.15) is 0 Å². The number of rotatable bonds is 0. The van der Waals surface area contributed by atoms with Crippen LogP contribution in [0.5, 0.6) is 0 Å². The van der Waals surface area contributed by atoms with Crippen LogP contribution in [0.4, 0.5) is 0 Å². The molecule has 0 atom stereocenters. The van der Waals surface area contributed by atoms with Crippen molar-refractivity contribution in [1.82, 2.24) is 10.5 Å². The van der Waals surface area contributed by atoms with Gasteiger partial charge < -0.3 is 6.15 Å². The van der Waals surface area contributed by atoms with Crippen molar-refractivity contribution in [3.8, 4) is 0 Å². The van der Waals surface area contributed by atoms with Gasteiger partial charge in [0.05, 0.1) is 0 Å². The van der Waals surface area contributed by atoms with E-state index in [1.54, 1.807) is 7.05 Å². The van der Waals surface area contributed by atoms with E-state index in [0.717, 1.165) is 0 Å². The molecule has 2 nitrogen and oxygen atoms in total. The molecule has 0 aromatic carbocycles. The SMILES string of the molecule is CNBr.N.[PbH2]. The van der Waals surface area contributed by atoms with Crippen LogP contribution >= 0.6 is 16.1 Å². The van der Waals surface area contributed by atoms with Crippen LogP contribution in [0.15, 0.2) is 0 Å². The molecule has 4 heteroatoms. The van der Waals surface area contributed by atoms with Gasteiger partial charge in [-0.1, -0.05) is 0 Å². The summed E-state index contributed by atoms with van der Waals surface area (Å²) < 4.78 is 2.56. The van der Waals surface area contributed by atoms with E-state index in [4.69, 9.17) is 0 Å². The average Bonchev–Trinajstić information content (AvgIpc) is 0.918. The summed E-state index contributed by atoms with van der Waals surface area (Å²) in [5.74, 6) is 0. The van der Waals surface area contributed by atoms with Gasteiger partial charge in [-0.3, -0.25) is 4.34 Å². The van der Waals surface area contributed by atoms with Crippen LogP contribution in [-0.4, -0.2) is 34.3 Å². The summed E-state index contributed by atoms with van der Waals surface area (Å²) in [6.07, 6.45) is 0. The molecule has 5 heavy (non-hydrogen) atoms. The van der Waals surface area contributed by atoms with Crippen LogP contribution in [0.2, 0.25) is 0 Å². The number of halogens is 1. The average molecular weight is 336 g/mol. The van der Waals surface area contributed by atoms with Crippen molar-refractivity contribution < 1.29 is 0 Å². The monoisotopic (exact) mass is 336 g/mol. The molecular weight excluding hydrogens is 327 g/mol. The molecule has 0 heterocycles. The Balaban J connectivity index is -0.0000000200. The topological polar surface area (TPSA) is 47.0 Å². The van der Waals surface area contributed by atoms with Gasteiger partial charge in [-0.15, -0.1) is 0 Å². The second kappa shape index (κ2) is 18.4. The molecule has 0 bridgehead atoms. The van der Waals surface area contributed by atoms with Crippen LogP contribution in [0.25, 0.3) is 0 Å². The molecule has 0 rings (SSSR count). The predicted octanol–water partition coefficient (Wildman–Crippen LogP) is -0.239. The maximum atomic E-state index is 2.90. The van der Waals surface area contributed by atoms with E-state index in [-0.39, 0.29) is 33.4 Å². The summed E-state index contributed by atoms with van der Waals surface area (Å²) in [7, 11) is 1.79. The molecular formula is CH9BrN2Pb. The van der Waals surface area contributed by atoms with E-state index in [1.807, 2.05) is 0 Å². The predicted molar refractivity (Wildman–Crippen MR) is 31.6 cm³/mol. The molecule has 0 aliphatic carbocycles. The molecule has 0 fully saturated rings. The summed E-state index contributed by atoms with van der Waals surface area (Å²) in [5, 5.41) is 0. The van der Waals surface area contributed by atoms with Crippen LogP contribution < -0.4 is 10.5 Å². The van der Waals surface area contributed by atoms with Gasteiger partial charge in [-0.25, -0.2) is 0 Å². The first-order chi connectivity index (χ1) is 1.41. The Kier molecular flexibility index (Phi) is 59.8. The Labute approximate surface area is 60.8 Å². The van der Waals surface area contributed by atoms with Crippen LogP contribution in [-0.2, 0) is 0 Å². The summed E-state index contributed by atoms with van der Waals surface area (Å²) in [6, 6.07) is 0. The van der Waals surface area contributed by atoms with E-state index >= 15 is 0 Å². The zero-order valence-electron chi connectivity index (χ0n) is 3.29. The Morgan fingerprint density at radius 3 is 1.60 bits per heavy atom. The second-order valence-corrected chi connectivity index (χ2v) is 0.982. The van der Waals surface area contributed by atoms with Gasteiger partial charge in [-0.2, -0.15) is 0 Å². The minimum absolute atomic E-state index is 0. The zero-order valence-corrected chi connectivity index (χ0v) is 10.4. The first-order valence-electron chi connectivity index (χ1n) is 0.689. The molecule has 4 N–H and O–H groups in total. The molecule has 0 saturated heterocycles. The van der Waals surface area contributed by atoms with E-state index < -0.39 is 0 Å². The van der Waals surface area contributed by atoms with Crippen LogP contribution in [0.1, 0.15) is 0 Å². The van der Waals surface area contributed by atoms with Crippen molar-refractivity contribution in [1.29, 1.82) is 0 Å². The van der Waals surface area contributed by atoms with Crippen molar-refractivity contribution in [3.63, 3.8) is 0 Å². The van der Waals surface area contributed by atoms with Crippen molar-refractivity contribution in [2.24, 2.45) is 0 Å². The van der Waals surface area contributed by atoms with Gasteiger partial charge in [0.25, 0.3) is 0 Å². The molecule has 0 aliphatic rings. The van der Waals surface area contributed by atoms with Crippen LogP contribution in [0.3, 0.4) is 0 Å². The van der Waals surface area contributed by atoms with E-state index in [0.29, 0.717) is 0 Å². The molecule has 0 spiro atoms. The van der Waals surface area contributed by atoms with Gasteiger partial charge in [0, 0.05) is 16.1 Å². The molecule has 0 amide bonds. The molecule has 0 unspecified atom stereocenters. The molecule has 34 valence electrons. The van der Waals surface area contributed by atoms with Crippen molar-refractivity contribution in [3.05, 3.63) is 0 Å². The summed E-state index contributed by atoms with van der Waals surface area (Å²) >= 11 is 2.90. The number of hydrogen-bond donors (Lipinski definition) is 2. The third kappa shape index (κ3) is 33.6. The van der Waals surface area contributed by atoms with Gasteiger partial charge >= 0.3 is 27.3 Å². The molecule has 0 saturated carbocycles. The fourth-order valence-corrected chi connectivity index (χ4v) is 0. The Morgan fingerprint density at radius 2 is 1.60 bits per heavy atom. The van der Waals surface area contributed by atoms with Crippen molar-refractivity contribution in [2.45, 2.75) is 0 Å².